The number of pyridine rings is 1. The van der Waals surface area contributed by atoms with Crippen LogP contribution in [-0.4, -0.2) is 36.7 Å². The van der Waals surface area contributed by atoms with Crippen LogP contribution in [0.3, 0.4) is 0 Å². The molecule has 0 radical (unpaired) electrons. The minimum absolute atomic E-state index is 0.0157. The maximum absolute atomic E-state index is 12.7. The Labute approximate surface area is 186 Å². The molecule has 4 rings (SSSR count). The topological polar surface area (TPSA) is 122 Å². The summed E-state index contributed by atoms with van der Waals surface area (Å²) in [5.41, 5.74) is 1.90. The molecule has 2 aromatic heterocycles. The van der Waals surface area contributed by atoms with Crippen LogP contribution in [0, 0.1) is 5.92 Å². The highest BCUT2D eigenvalue weighted by Crippen LogP contribution is 2.30. The van der Waals surface area contributed by atoms with Crippen LogP contribution in [0.4, 0.5) is 11.4 Å². The van der Waals surface area contributed by atoms with Gasteiger partial charge in [0.25, 0.3) is 5.91 Å². The van der Waals surface area contributed by atoms with E-state index in [1.807, 2.05) is 0 Å². The number of sulfonamides is 1. The fourth-order valence-electron chi connectivity index (χ4n) is 3.61. The van der Waals surface area contributed by atoms with Crippen molar-refractivity contribution in [2.75, 3.05) is 17.7 Å². The van der Waals surface area contributed by atoms with Gasteiger partial charge in [-0.15, -0.1) is 0 Å². The Morgan fingerprint density at radius 1 is 1.06 bits per heavy atom. The molecule has 1 fully saturated rings. The number of benzene rings is 1. The third kappa shape index (κ3) is 4.81. The maximum Gasteiger partial charge on any atom is 0.276 e. The van der Waals surface area contributed by atoms with Crippen LogP contribution >= 0.6 is 0 Å². The van der Waals surface area contributed by atoms with Crippen molar-refractivity contribution in [3.63, 3.8) is 0 Å². The van der Waals surface area contributed by atoms with Gasteiger partial charge in [0.2, 0.25) is 15.9 Å². The molecule has 1 aliphatic rings. The van der Waals surface area contributed by atoms with Crippen LogP contribution in [0.15, 0.2) is 53.8 Å². The smallest absolute Gasteiger partial charge is 0.276 e. The molecule has 0 atom stereocenters. The number of carbonyl (C=O) groups excluding carboxylic acids is 2. The van der Waals surface area contributed by atoms with Crippen LogP contribution in [0.5, 0.6) is 0 Å². The van der Waals surface area contributed by atoms with Crippen molar-refractivity contribution in [1.82, 2.24) is 14.1 Å². The number of rotatable bonds is 8. The van der Waals surface area contributed by atoms with Crippen molar-refractivity contribution in [2.45, 2.75) is 37.0 Å². The molecule has 0 bridgehead atoms. The van der Waals surface area contributed by atoms with E-state index in [0.717, 1.165) is 6.42 Å². The quantitative estimate of drug-likeness (QED) is 0.482. The molecule has 2 heterocycles. The van der Waals surface area contributed by atoms with Crippen LogP contribution in [0.2, 0.25) is 0 Å². The highest BCUT2D eigenvalue weighted by atomic mass is 32.2. The molecule has 0 aliphatic heterocycles. The first-order chi connectivity index (χ1) is 15.4. The number of anilines is 2. The second-order valence-electron chi connectivity index (χ2n) is 7.87. The van der Waals surface area contributed by atoms with Gasteiger partial charge >= 0.3 is 0 Å². The number of carbonyl (C=O) groups is 2. The Hall–Kier alpha value is -3.24. The Bertz CT molecular complexity index is 1250. The molecule has 3 aromatic rings. The molecule has 10 heteroatoms. The fraction of sp³-hybridized carbons (Fsp3) is 0.318. The summed E-state index contributed by atoms with van der Waals surface area (Å²) in [6, 6.07) is 9.31. The van der Waals surface area contributed by atoms with Gasteiger partial charge in [0.1, 0.15) is 6.33 Å². The van der Waals surface area contributed by atoms with Crippen molar-refractivity contribution < 1.29 is 18.0 Å². The first-order valence-corrected chi connectivity index (χ1v) is 12.0. The fourth-order valence-corrected chi connectivity index (χ4v) is 4.34. The maximum atomic E-state index is 12.7. The van der Waals surface area contributed by atoms with E-state index in [0.29, 0.717) is 29.2 Å². The Morgan fingerprint density at radius 3 is 2.44 bits per heavy atom. The first-order valence-electron chi connectivity index (χ1n) is 10.5. The van der Waals surface area contributed by atoms with E-state index in [2.05, 4.69) is 20.3 Å². The lowest BCUT2D eigenvalue weighted by Gasteiger charge is -2.24. The van der Waals surface area contributed by atoms with E-state index >= 15 is 0 Å². The van der Waals surface area contributed by atoms with Crippen LogP contribution in [0.25, 0.3) is 5.52 Å². The number of hydrogen-bond donors (Lipinski definition) is 3. The third-order valence-corrected chi connectivity index (χ3v) is 7.16. The SMILES string of the molecule is CNS(=O)(=O)c1ccc(NC(=O)c2ncn3cc(NC(=O)CCC4CCC4)ccc23)cc1. The van der Waals surface area contributed by atoms with Gasteiger partial charge in [0, 0.05) is 18.3 Å². The minimum atomic E-state index is -3.54. The average Bonchev–Trinajstić information content (AvgIpc) is 3.16. The van der Waals surface area contributed by atoms with Gasteiger partial charge in [0.15, 0.2) is 5.69 Å². The number of imidazole rings is 1. The summed E-state index contributed by atoms with van der Waals surface area (Å²) in [5.74, 6) is 0.244. The highest BCUT2D eigenvalue weighted by molar-refractivity contribution is 7.89. The summed E-state index contributed by atoms with van der Waals surface area (Å²) in [5, 5.41) is 5.61. The molecular formula is C22H25N5O4S. The predicted octanol–water partition coefficient (Wildman–Crippen LogP) is 3.01. The lowest BCUT2D eigenvalue weighted by molar-refractivity contribution is -0.116. The van der Waals surface area contributed by atoms with Crippen molar-refractivity contribution in [3.05, 3.63) is 54.6 Å². The van der Waals surface area contributed by atoms with E-state index in [4.69, 9.17) is 0 Å². The van der Waals surface area contributed by atoms with Gasteiger partial charge in [0.05, 0.1) is 16.1 Å². The molecule has 0 unspecified atom stereocenters. The molecule has 1 saturated carbocycles. The predicted molar refractivity (Wildman–Crippen MR) is 121 cm³/mol. The van der Waals surface area contributed by atoms with E-state index in [1.54, 1.807) is 22.7 Å². The van der Waals surface area contributed by atoms with Crippen molar-refractivity contribution in [1.29, 1.82) is 0 Å². The van der Waals surface area contributed by atoms with Crippen LogP contribution in [0.1, 0.15) is 42.6 Å². The van der Waals surface area contributed by atoms with Crippen molar-refractivity contribution in [2.24, 2.45) is 5.92 Å². The Kier molecular flexibility index (Phi) is 6.24. The summed E-state index contributed by atoms with van der Waals surface area (Å²) in [6.45, 7) is 0. The number of nitrogens with zero attached hydrogens (tertiary/aromatic N) is 2. The Morgan fingerprint density at radius 2 is 1.78 bits per heavy atom. The molecular weight excluding hydrogens is 430 g/mol. The lowest BCUT2D eigenvalue weighted by atomic mass is 9.82. The van der Waals surface area contributed by atoms with E-state index in [1.165, 1.54) is 56.9 Å². The molecule has 0 saturated heterocycles. The second kappa shape index (κ2) is 9.09. The molecule has 0 spiro atoms. The van der Waals surface area contributed by atoms with Gasteiger partial charge in [-0.1, -0.05) is 19.3 Å². The number of fused-ring (bicyclic) bond motifs is 1. The summed E-state index contributed by atoms with van der Waals surface area (Å²) < 4.78 is 27.5. The third-order valence-electron chi connectivity index (χ3n) is 5.73. The largest absolute Gasteiger partial charge is 0.325 e. The van der Waals surface area contributed by atoms with Gasteiger partial charge in [-0.25, -0.2) is 18.1 Å². The normalized spacial score (nSPS) is 14.2. The highest BCUT2D eigenvalue weighted by Gasteiger charge is 2.19. The van der Waals surface area contributed by atoms with Crippen molar-refractivity contribution >= 4 is 38.7 Å². The first kappa shape index (κ1) is 22.0. The molecule has 3 N–H and O–H groups in total. The average molecular weight is 456 g/mol. The Balaban J connectivity index is 1.41. The van der Waals surface area contributed by atoms with Gasteiger partial charge in [-0.3, -0.25) is 9.59 Å². The van der Waals surface area contributed by atoms with Gasteiger partial charge in [-0.05, 0) is 55.8 Å². The number of nitrogens with one attached hydrogen (secondary N) is 3. The number of amides is 2. The monoisotopic (exact) mass is 455 g/mol. The van der Waals surface area contributed by atoms with E-state index in [9.17, 15) is 18.0 Å². The van der Waals surface area contributed by atoms with E-state index < -0.39 is 15.9 Å². The van der Waals surface area contributed by atoms with Crippen LogP contribution < -0.4 is 15.4 Å². The molecule has 32 heavy (non-hydrogen) atoms. The minimum Gasteiger partial charge on any atom is -0.325 e. The molecule has 2 amide bonds. The molecule has 168 valence electrons. The van der Waals surface area contributed by atoms with Gasteiger partial charge < -0.3 is 15.0 Å². The second-order valence-corrected chi connectivity index (χ2v) is 9.76. The molecule has 1 aliphatic carbocycles. The van der Waals surface area contributed by atoms with Crippen LogP contribution in [-0.2, 0) is 14.8 Å². The summed E-state index contributed by atoms with van der Waals surface area (Å²) in [7, 11) is -2.21. The zero-order chi connectivity index (χ0) is 22.7. The summed E-state index contributed by atoms with van der Waals surface area (Å²) in [4.78, 5) is 29.2. The number of hydrogen-bond acceptors (Lipinski definition) is 5. The van der Waals surface area contributed by atoms with Crippen molar-refractivity contribution in [3.8, 4) is 0 Å². The zero-order valence-corrected chi connectivity index (χ0v) is 18.5. The number of aromatic nitrogens is 2. The standard InChI is InChI=1S/C22H25N5O4S/c1-23-32(30,31)18-9-6-16(7-10-18)26-22(29)21-19-11-8-17(13-27(19)14-24-21)25-20(28)12-5-15-3-2-4-15/h6-11,13-15,23H,2-5,12H2,1H3,(H,25,28)(H,26,29). The molecule has 1 aromatic carbocycles. The lowest BCUT2D eigenvalue weighted by Crippen LogP contribution is -2.18. The summed E-state index contributed by atoms with van der Waals surface area (Å²) >= 11 is 0. The molecule has 9 nitrogen and oxygen atoms in total. The summed E-state index contributed by atoms with van der Waals surface area (Å²) in [6.07, 6.45) is 8.37. The zero-order valence-electron chi connectivity index (χ0n) is 17.7. The van der Waals surface area contributed by atoms with E-state index in [-0.39, 0.29) is 16.5 Å². The van der Waals surface area contributed by atoms with Gasteiger partial charge in [-0.2, -0.15) is 0 Å².